The summed E-state index contributed by atoms with van der Waals surface area (Å²) in [7, 11) is 4.88. The first-order valence-corrected chi connectivity index (χ1v) is 6.56. The van der Waals surface area contributed by atoms with Crippen molar-refractivity contribution in [3.05, 3.63) is 53.6 Å². The Bertz CT molecular complexity index is 580. The lowest BCUT2D eigenvalue weighted by Crippen LogP contribution is -2.29. The standard InChI is InChI=1S/C16H20N2O3/c1-19-12-7-4-6-11(10-12)16(18-17)15-13(20-2)8-5-9-14(15)21-3/h4-10,16,18H,17H2,1-3H3. The summed E-state index contributed by atoms with van der Waals surface area (Å²) in [6, 6.07) is 13.1. The van der Waals surface area contributed by atoms with Gasteiger partial charge in [-0.05, 0) is 29.8 Å². The molecule has 0 aromatic heterocycles. The quantitative estimate of drug-likeness (QED) is 0.630. The largest absolute Gasteiger partial charge is 0.497 e. The summed E-state index contributed by atoms with van der Waals surface area (Å²) in [5.74, 6) is 7.96. The van der Waals surface area contributed by atoms with Crippen molar-refractivity contribution in [2.75, 3.05) is 21.3 Å². The van der Waals surface area contributed by atoms with Gasteiger partial charge in [0.2, 0.25) is 0 Å². The average molecular weight is 288 g/mol. The first-order chi connectivity index (χ1) is 10.2. The molecule has 0 amide bonds. The van der Waals surface area contributed by atoms with Crippen LogP contribution in [0.2, 0.25) is 0 Å². The Balaban J connectivity index is 2.55. The summed E-state index contributed by atoms with van der Waals surface area (Å²) in [6.07, 6.45) is 0. The van der Waals surface area contributed by atoms with Crippen LogP contribution in [-0.2, 0) is 0 Å². The molecule has 2 aromatic rings. The molecule has 0 aliphatic heterocycles. The third-order valence-electron chi connectivity index (χ3n) is 3.35. The Labute approximate surface area is 124 Å². The van der Waals surface area contributed by atoms with E-state index in [0.717, 1.165) is 16.9 Å². The van der Waals surface area contributed by atoms with Crippen LogP contribution < -0.4 is 25.5 Å². The van der Waals surface area contributed by atoms with Gasteiger partial charge >= 0.3 is 0 Å². The van der Waals surface area contributed by atoms with Crippen molar-refractivity contribution < 1.29 is 14.2 Å². The number of hydrogen-bond donors (Lipinski definition) is 2. The fourth-order valence-electron chi connectivity index (χ4n) is 2.33. The molecule has 0 radical (unpaired) electrons. The predicted molar refractivity (Wildman–Crippen MR) is 81.7 cm³/mol. The minimum atomic E-state index is -0.272. The Morgan fingerprint density at radius 3 is 2.05 bits per heavy atom. The normalized spacial score (nSPS) is 11.8. The van der Waals surface area contributed by atoms with Gasteiger partial charge in [0.15, 0.2) is 0 Å². The summed E-state index contributed by atoms with van der Waals surface area (Å²) in [4.78, 5) is 0. The van der Waals surface area contributed by atoms with E-state index in [1.165, 1.54) is 0 Å². The van der Waals surface area contributed by atoms with Crippen LogP contribution in [0.4, 0.5) is 0 Å². The molecule has 112 valence electrons. The van der Waals surface area contributed by atoms with Crippen molar-refractivity contribution in [3.63, 3.8) is 0 Å². The number of hydrazine groups is 1. The van der Waals surface area contributed by atoms with Crippen LogP contribution in [0.15, 0.2) is 42.5 Å². The van der Waals surface area contributed by atoms with Crippen LogP contribution in [0.3, 0.4) is 0 Å². The Morgan fingerprint density at radius 2 is 1.52 bits per heavy atom. The topological polar surface area (TPSA) is 65.7 Å². The Morgan fingerprint density at radius 1 is 0.905 bits per heavy atom. The molecule has 3 N–H and O–H groups in total. The third-order valence-corrected chi connectivity index (χ3v) is 3.35. The molecule has 1 unspecified atom stereocenters. The molecule has 1 atom stereocenters. The molecule has 5 nitrogen and oxygen atoms in total. The average Bonchev–Trinajstić information content (AvgIpc) is 2.55. The van der Waals surface area contributed by atoms with Gasteiger partial charge in [0.25, 0.3) is 0 Å². The molecule has 0 aliphatic carbocycles. The number of nitrogens with one attached hydrogen (secondary N) is 1. The number of nitrogens with two attached hydrogens (primary N) is 1. The highest BCUT2D eigenvalue weighted by Gasteiger charge is 2.22. The third kappa shape index (κ3) is 3.09. The van der Waals surface area contributed by atoms with Crippen LogP contribution in [0.1, 0.15) is 17.2 Å². The van der Waals surface area contributed by atoms with E-state index in [9.17, 15) is 0 Å². The van der Waals surface area contributed by atoms with Crippen molar-refractivity contribution in [1.82, 2.24) is 5.43 Å². The van der Waals surface area contributed by atoms with E-state index in [2.05, 4.69) is 5.43 Å². The zero-order valence-corrected chi connectivity index (χ0v) is 12.4. The molecule has 0 fully saturated rings. The SMILES string of the molecule is COc1cccc(C(NN)c2c(OC)cccc2OC)c1. The van der Waals surface area contributed by atoms with Crippen LogP contribution in [0, 0.1) is 0 Å². The van der Waals surface area contributed by atoms with Crippen molar-refractivity contribution in [1.29, 1.82) is 0 Å². The lowest BCUT2D eigenvalue weighted by molar-refractivity contribution is 0.376. The highest BCUT2D eigenvalue weighted by molar-refractivity contribution is 5.51. The van der Waals surface area contributed by atoms with Crippen molar-refractivity contribution in [2.24, 2.45) is 5.84 Å². The molecule has 0 bridgehead atoms. The Kier molecular flexibility index (Phi) is 5.03. The molecule has 21 heavy (non-hydrogen) atoms. The fraction of sp³-hybridized carbons (Fsp3) is 0.250. The summed E-state index contributed by atoms with van der Waals surface area (Å²) in [6.45, 7) is 0. The number of rotatable bonds is 6. The number of hydrogen-bond acceptors (Lipinski definition) is 5. The first-order valence-electron chi connectivity index (χ1n) is 6.56. The van der Waals surface area contributed by atoms with Gasteiger partial charge in [0.05, 0.1) is 32.9 Å². The van der Waals surface area contributed by atoms with E-state index in [4.69, 9.17) is 20.1 Å². The molecule has 0 saturated heterocycles. The predicted octanol–water partition coefficient (Wildman–Crippen LogP) is 2.27. The molecule has 0 saturated carbocycles. The minimum absolute atomic E-state index is 0.272. The van der Waals surface area contributed by atoms with E-state index in [1.54, 1.807) is 21.3 Å². The zero-order chi connectivity index (χ0) is 15.2. The zero-order valence-electron chi connectivity index (χ0n) is 12.4. The molecule has 5 heteroatoms. The van der Waals surface area contributed by atoms with Gasteiger partial charge in [0, 0.05) is 0 Å². The van der Waals surface area contributed by atoms with Gasteiger partial charge in [-0.25, -0.2) is 5.43 Å². The van der Waals surface area contributed by atoms with Crippen LogP contribution >= 0.6 is 0 Å². The van der Waals surface area contributed by atoms with Crippen molar-refractivity contribution >= 4 is 0 Å². The lowest BCUT2D eigenvalue weighted by Gasteiger charge is -2.22. The monoisotopic (exact) mass is 288 g/mol. The number of ether oxygens (including phenoxy) is 3. The van der Waals surface area contributed by atoms with Crippen molar-refractivity contribution in [2.45, 2.75) is 6.04 Å². The van der Waals surface area contributed by atoms with Crippen molar-refractivity contribution in [3.8, 4) is 17.2 Å². The van der Waals surface area contributed by atoms with Gasteiger partial charge in [-0.2, -0.15) is 0 Å². The molecule has 0 heterocycles. The molecule has 0 aliphatic rings. The lowest BCUT2D eigenvalue weighted by atomic mass is 9.97. The second kappa shape index (κ2) is 6.97. The maximum Gasteiger partial charge on any atom is 0.127 e. The van der Waals surface area contributed by atoms with Gasteiger partial charge in [0.1, 0.15) is 17.2 Å². The molecule has 2 aromatic carbocycles. The summed E-state index contributed by atoms with van der Waals surface area (Å²) < 4.78 is 16.2. The summed E-state index contributed by atoms with van der Waals surface area (Å²) >= 11 is 0. The molecule has 2 rings (SSSR count). The number of methoxy groups -OCH3 is 3. The minimum Gasteiger partial charge on any atom is -0.497 e. The van der Waals surface area contributed by atoms with Gasteiger partial charge < -0.3 is 14.2 Å². The highest BCUT2D eigenvalue weighted by Crippen LogP contribution is 2.37. The maximum absolute atomic E-state index is 5.77. The number of benzene rings is 2. The highest BCUT2D eigenvalue weighted by atomic mass is 16.5. The van der Waals surface area contributed by atoms with E-state index in [1.807, 2.05) is 42.5 Å². The van der Waals surface area contributed by atoms with Gasteiger partial charge in [-0.15, -0.1) is 0 Å². The van der Waals surface area contributed by atoms with E-state index in [0.29, 0.717) is 11.5 Å². The molecular weight excluding hydrogens is 268 g/mol. The maximum atomic E-state index is 5.77. The van der Waals surface area contributed by atoms with Gasteiger partial charge in [-0.3, -0.25) is 5.84 Å². The smallest absolute Gasteiger partial charge is 0.127 e. The first kappa shape index (κ1) is 15.2. The second-order valence-corrected chi connectivity index (χ2v) is 4.45. The second-order valence-electron chi connectivity index (χ2n) is 4.45. The molecule has 0 spiro atoms. The summed E-state index contributed by atoms with van der Waals surface area (Å²) in [5.41, 5.74) is 4.62. The van der Waals surface area contributed by atoms with Crippen LogP contribution in [-0.4, -0.2) is 21.3 Å². The molecular formula is C16H20N2O3. The summed E-state index contributed by atoms with van der Waals surface area (Å²) in [5, 5.41) is 0. The van der Waals surface area contributed by atoms with E-state index < -0.39 is 0 Å². The Hall–Kier alpha value is -2.24. The van der Waals surface area contributed by atoms with Crippen LogP contribution in [0.25, 0.3) is 0 Å². The van der Waals surface area contributed by atoms with Crippen LogP contribution in [0.5, 0.6) is 17.2 Å². The van der Waals surface area contributed by atoms with E-state index in [-0.39, 0.29) is 6.04 Å². The van der Waals surface area contributed by atoms with Gasteiger partial charge in [-0.1, -0.05) is 18.2 Å². The van der Waals surface area contributed by atoms with E-state index >= 15 is 0 Å². The fourth-order valence-corrected chi connectivity index (χ4v) is 2.33.